The fraction of sp³-hybridized carbons (Fsp3) is 0.438. The summed E-state index contributed by atoms with van der Waals surface area (Å²) in [5.74, 6) is 0.918. The summed E-state index contributed by atoms with van der Waals surface area (Å²) in [6.45, 7) is 5.49. The van der Waals surface area contributed by atoms with Crippen molar-refractivity contribution in [3.05, 3.63) is 45.2 Å². The molecule has 0 atom stereocenters. The summed E-state index contributed by atoms with van der Waals surface area (Å²) in [6.07, 6.45) is 0.907. The molecule has 2 rings (SSSR count). The van der Waals surface area contributed by atoms with E-state index in [1.165, 1.54) is 11.1 Å². The number of nitrogens with one attached hydrogen (secondary N) is 1. The molecule has 0 bridgehead atoms. The number of benzene rings is 1. The molecule has 0 aliphatic heterocycles. The molecule has 1 aromatic heterocycles. The molecule has 0 aliphatic rings. The van der Waals surface area contributed by atoms with E-state index in [0.29, 0.717) is 6.61 Å². The number of nitrogens with zero attached hydrogens (tertiary/aromatic N) is 2. The monoisotopic (exact) mass is 351 g/mol. The number of hydrogen-bond donors (Lipinski definition) is 1. The summed E-state index contributed by atoms with van der Waals surface area (Å²) < 4.78 is 8.95. The van der Waals surface area contributed by atoms with Crippen LogP contribution in [0.1, 0.15) is 29.4 Å². The summed E-state index contributed by atoms with van der Waals surface area (Å²) >= 11 is 3.62. The van der Waals surface area contributed by atoms with Crippen molar-refractivity contribution in [1.29, 1.82) is 0 Å². The van der Waals surface area contributed by atoms with E-state index in [-0.39, 0.29) is 0 Å². The van der Waals surface area contributed by atoms with Crippen molar-refractivity contribution in [2.45, 2.75) is 33.4 Å². The molecule has 5 heteroatoms. The molecule has 0 spiro atoms. The first kappa shape index (κ1) is 16.0. The van der Waals surface area contributed by atoms with Gasteiger partial charge in [-0.25, -0.2) is 0 Å². The highest BCUT2D eigenvalue weighted by atomic mass is 79.9. The minimum atomic E-state index is 0.504. The van der Waals surface area contributed by atoms with Crippen LogP contribution >= 0.6 is 15.9 Å². The molecule has 1 aromatic carbocycles. The fourth-order valence-electron chi connectivity index (χ4n) is 2.30. The van der Waals surface area contributed by atoms with Crippen molar-refractivity contribution >= 4 is 15.9 Å². The molecule has 4 nitrogen and oxygen atoms in total. The Morgan fingerprint density at radius 1 is 1.38 bits per heavy atom. The van der Waals surface area contributed by atoms with Crippen molar-refractivity contribution in [1.82, 2.24) is 15.1 Å². The third-order valence-electron chi connectivity index (χ3n) is 3.45. The lowest BCUT2D eigenvalue weighted by Gasteiger charge is -2.12. The Hall–Kier alpha value is -1.33. The number of aryl methyl sites for hydroxylation is 3. The Kier molecular flexibility index (Phi) is 5.42. The predicted molar refractivity (Wildman–Crippen MR) is 88.6 cm³/mol. The maximum atomic E-state index is 6.02. The SMILES string of the molecule is CCc1nn(C)c(COc2ccc(C)cc2CNC)c1Br. The zero-order valence-electron chi connectivity index (χ0n) is 13.0. The van der Waals surface area contributed by atoms with Gasteiger partial charge in [0.1, 0.15) is 12.4 Å². The second-order valence-corrected chi connectivity index (χ2v) is 5.91. The molecule has 21 heavy (non-hydrogen) atoms. The van der Waals surface area contributed by atoms with Gasteiger partial charge in [-0.15, -0.1) is 0 Å². The van der Waals surface area contributed by atoms with E-state index in [9.17, 15) is 0 Å². The van der Waals surface area contributed by atoms with E-state index in [0.717, 1.165) is 34.6 Å². The molecule has 0 saturated carbocycles. The van der Waals surface area contributed by atoms with Gasteiger partial charge in [0.15, 0.2) is 0 Å². The zero-order valence-corrected chi connectivity index (χ0v) is 14.6. The molecule has 0 saturated heterocycles. The Bertz CT molecular complexity index is 622. The van der Waals surface area contributed by atoms with E-state index in [2.05, 4.69) is 52.3 Å². The van der Waals surface area contributed by atoms with Crippen LogP contribution in [0.15, 0.2) is 22.7 Å². The van der Waals surface area contributed by atoms with Gasteiger partial charge in [0.2, 0.25) is 0 Å². The smallest absolute Gasteiger partial charge is 0.131 e. The van der Waals surface area contributed by atoms with Crippen LogP contribution in [0, 0.1) is 6.92 Å². The summed E-state index contributed by atoms with van der Waals surface area (Å²) in [7, 11) is 3.89. The standard InChI is InChI=1S/C16H22BrN3O/c1-5-13-16(17)14(20(4)19-13)10-21-15-7-6-11(2)8-12(15)9-18-3/h6-8,18H,5,9-10H2,1-4H3. The van der Waals surface area contributed by atoms with Crippen LogP contribution in [-0.2, 0) is 26.6 Å². The largest absolute Gasteiger partial charge is 0.487 e. The van der Waals surface area contributed by atoms with Gasteiger partial charge in [-0.2, -0.15) is 5.10 Å². The van der Waals surface area contributed by atoms with Crippen LogP contribution in [0.3, 0.4) is 0 Å². The van der Waals surface area contributed by atoms with Gasteiger partial charge in [-0.3, -0.25) is 4.68 Å². The lowest BCUT2D eigenvalue weighted by molar-refractivity contribution is 0.290. The highest BCUT2D eigenvalue weighted by Gasteiger charge is 2.13. The van der Waals surface area contributed by atoms with Crippen molar-refractivity contribution in [2.75, 3.05) is 7.05 Å². The van der Waals surface area contributed by atoms with Gasteiger partial charge in [0, 0.05) is 19.2 Å². The van der Waals surface area contributed by atoms with Crippen molar-refractivity contribution in [3.8, 4) is 5.75 Å². The number of ether oxygens (including phenoxy) is 1. The van der Waals surface area contributed by atoms with E-state index in [1.807, 2.05) is 24.8 Å². The molecule has 114 valence electrons. The lowest BCUT2D eigenvalue weighted by Crippen LogP contribution is -2.09. The van der Waals surface area contributed by atoms with Crippen molar-refractivity contribution in [3.63, 3.8) is 0 Å². The van der Waals surface area contributed by atoms with Crippen LogP contribution < -0.4 is 10.1 Å². The molecule has 2 aromatic rings. The maximum absolute atomic E-state index is 6.02. The minimum absolute atomic E-state index is 0.504. The van der Waals surface area contributed by atoms with Gasteiger partial charge in [0.05, 0.1) is 15.9 Å². The Balaban J connectivity index is 2.18. The van der Waals surface area contributed by atoms with Crippen molar-refractivity contribution < 1.29 is 4.74 Å². The Morgan fingerprint density at radius 2 is 2.14 bits per heavy atom. The van der Waals surface area contributed by atoms with E-state index in [1.54, 1.807) is 0 Å². The molecule has 0 fully saturated rings. The first-order valence-electron chi connectivity index (χ1n) is 7.14. The van der Waals surface area contributed by atoms with E-state index >= 15 is 0 Å². The first-order valence-corrected chi connectivity index (χ1v) is 7.93. The van der Waals surface area contributed by atoms with Crippen LogP contribution in [0.25, 0.3) is 0 Å². The number of rotatable bonds is 6. The lowest BCUT2D eigenvalue weighted by atomic mass is 10.1. The molecule has 0 amide bonds. The Morgan fingerprint density at radius 3 is 2.76 bits per heavy atom. The van der Waals surface area contributed by atoms with Gasteiger partial charge in [-0.05, 0) is 42.4 Å². The fourth-order valence-corrected chi connectivity index (χ4v) is 3.03. The molecule has 1 N–H and O–H groups in total. The minimum Gasteiger partial charge on any atom is -0.487 e. The topological polar surface area (TPSA) is 39.1 Å². The maximum Gasteiger partial charge on any atom is 0.131 e. The quantitative estimate of drug-likeness (QED) is 0.867. The number of halogens is 1. The van der Waals surface area contributed by atoms with E-state index in [4.69, 9.17) is 4.74 Å². The second kappa shape index (κ2) is 7.09. The van der Waals surface area contributed by atoms with Gasteiger partial charge < -0.3 is 10.1 Å². The highest BCUT2D eigenvalue weighted by molar-refractivity contribution is 9.10. The van der Waals surface area contributed by atoms with Gasteiger partial charge >= 0.3 is 0 Å². The van der Waals surface area contributed by atoms with Crippen LogP contribution in [0.4, 0.5) is 0 Å². The highest BCUT2D eigenvalue weighted by Crippen LogP contribution is 2.25. The molecule has 0 radical (unpaired) electrons. The van der Waals surface area contributed by atoms with Crippen LogP contribution in [-0.4, -0.2) is 16.8 Å². The molecule has 1 heterocycles. The van der Waals surface area contributed by atoms with E-state index < -0.39 is 0 Å². The molecular weight excluding hydrogens is 330 g/mol. The van der Waals surface area contributed by atoms with Crippen LogP contribution in [0.5, 0.6) is 5.75 Å². The second-order valence-electron chi connectivity index (χ2n) is 5.11. The third-order valence-corrected chi connectivity index (χ3v) is 4.37. The average molecular weight is 352 g/mol. The first-order chi connectivity index (χ1) is 10.1. The summed E-state index contributed by atoms with van der Waals surface area (Å²) in [6, 6.07) is 6.26. The third kappa shape index (κ3) is 3.66. The van der Waals surface area contributed by atoms with Gasteiger partial charge in [-0.1, -0.05) is 24.6 Å². The van der Waals surface area contributed by atoms with Crippen LogP contribution in [0.2, 0.25) is 0 Å². The summed E-state index contributed by atoms with van der Waals surface area (Å²) in [5.41, 5.74) is 4.53. The number of aromatic nitrogens is 2. The zero-order chi connectivity index (χ0) is 15.4. The molecule has 0 unspecified atom stereocenters. The predicted octanol–water partition coefficient (Wildman–Crippen LogP) is 3.35. The number of hydrogen-bond acceptors (Lipinski definition) is 3. The average Bonchev–Trinajstić information content (AvgIpc) is 2.73. The molecule has 0 aliphatic carbocycles. The Labute approximate surface area is 134 Å². The normalized spacial score (nSPS) is 10.9. The van der Waals surface area contributed by atoms with Crippen molar-refractivity contribution in [2.24, 2.45) is 7.05 Å². The molecular formula is C16H22BrN3O. The van der Waals surface area contributed by atoms with Gasteiger partial charge in [0.25, 0.3) is 0 Å². The summed E-state index contributed by atoms with van der Waals surface area (Å²) in [5, 5.41) is 7.67. The summed E-state index contributed by atoms with van der Waals surface area (Å²) in [4.78, 5) is 0.